The molecule has 1 amide bonds. The molecule has 2 aromatic rings. The van der Waals surface area contributed by atoms with E-state index in [0.717, 1.165) is 16.7 Å². The molecule has 4 nitrogen and oxygen atoms in total. The Balaban J connectivity index is 1.74. The average Bonchev–Trinajstić information content (AvgIpc) is 2.75. The van der Waals surface area contributed by atoms with Crippen molar-refractivity contribution in [1.82, 2.24) is 10.6 Å². The van der Waals surface area contributed by atoms with E-state index in [1.807, 2.05) is 51.1 Å². The molecule has 1 heterocycles. The van der Waals surface area contributed by atoms with E-state index in [9.17, 15) is 4.79 Å². The van der Waals surface area contributed by atoms with Gasteiger partial charge in [-0.2, -0.15) is 0 Å². The standard InChI is InChI=1S/C16H22N2O2/c1-16(2,3)18-15(19)8-9-17-11-13-10-12-6-4-5-7-14(12)20-13/h4-7,10,17H,8-9,11H2,1-3H3,(H,18,19). The maximum absolute atomic E-state index is 11.6. The lowest BCUT2D eigenvalue weighted by Gasteiger charge is -2.20. The Kier molecular flexibility index (Phi) is 4.45. The van der Waals surface area contributed by atoms with Crippen molar-refractivity contribution in [1.29, 1.82) is 0 Å². The molecule has 108 valence electrons. The van der Waals surface area contributed by atoms with E-state index in [0.29, 0.717) is 19.5 Å². The third kappa shape index (κ3) is 4.38. The molecule has 4 heteroatoms. The lowest BCUT2D eigenvalue weighted by molar-refractivity contribution is -0.122. The fourth-order valence-corrected chi connectivity index (χ4v) is 2.02. The number of para-hydroxylation sites is 1. The van der Waals surface area contributed by atoms with Gasteiger partial charge in [-0.25, -0.2) is 0 Å². The summed E-state index contributed by atoms with van der Waals surface area (Å²) in [4.78, 5) is 11.6. The highest BCUT2D eigenvalue weighted by molar-refractivity contribution is 5.77. The van der Waals surface area contributed by atoms with Crippen molar-refractivity contribution in [2.75, 3.05) is 6.54 Å². The van der Waals surface area contributed by atoms with Gasteiger partial charge in [-0.15, -0.1) is 0 Å². The number of hydrogen-bond acceptors (Lipinski definition) is 3. The first-order chi connectivity index (χ1) is 9.44. The summed E-state index contributed by atoms with van der Waals surface area (Å²) in [6.07, 6.45) is 0.470. The molecule has 0 atom stereocenters. The van der Waals surface area contributed by atoms with Crippen LogP contribution in [0.1, 0.15) is 33.0 Å². The average molecular weight is 274 g/mol. The van der Waals surface area contributed by atoms with Crippen LogP contribution in [0.15, 0.2) is 34.7 Å². The Hall–Kier alpha value is -1.81. The van der Waals surface area contributed by atoms with Gasteiger partial charge in [-0.05, 0) is 32.9 Å². The van der Waals surface area contributed by atoms with E-state index in [2.05, 4.69) is 10.6 Å². The minimum absolute atomic E-state index is 0.0645. The Morgan fingerprint density at radius 2 is 2.00 bits per heavy atom. The number of rotatable bonds is 5. The summed E-state index contributed by atoms with van der Waals surface area (Å²) in [5.41, 5.74) is 0.727. The quantitative estimate of drug-likeness (QED) is 0.824. The summed E-state index contributed by atoms with van der Waals surface area (Å²) in [5.74, 6) is 0.956. The second kappa shape index (κ2) is 6.09. The molecule has 0 radical (unpaired) electrons. The number of nitrogens with one attached hydrogen (secondary N) is 2. The molecule has 0 fully saturated rings. The van der Waals surface area contributed by atoms with Gasteiger partial charge in [-0.1, -0.05) is 18.2 Å². The second-order valence-electron chi connectivity index (χ2n) is 5.98. The van der Waals surface area contributed by atoms with E-state index in [4.69, 9.17) is 4.42 Å². The van der Waals surface area contributed by atoms with Crippen LogP contribution in [0.2, 0.25) is 0 Å². The summed E-state index contributed by atoms with van der Waals surface area (Å²) < 4.78 is 5.69. The normalized spacial score (nSPS) is 11.8. The summed E-state index contributed by atoms with van der Waals surface area (Å²) in [5, 5.41) is 7.27. The van der Waals surface area contributed by atoms with E-state index in [1.165, 1.54) is 0 Å². The number of carbonyl (C=O) groups excluding carboxylic acids is 1. The Labute approximate surface area is 119 Å². The van der Waals surface area contributed by atoms with Gasteiger partial charge in [0.1, 0.15) is 11.3 Å². The highest BCUT2D eigenvalue weighted by Gasteiger charge is 2.12. The first-order valence-corrected chi connectivity index (χ1v) is 6.93. The zero-order valence-corrected chi connectivity index (χ0v) is 12.3. The number of benzene rings is 1. The number of amides is 1. The lowest BCUT2D eigenvalue weighted by Crippen LogP contribution is -2.41. The van der Waals surface area contributed by atoms with Gasteiger partial charge in [0.05, 0.1) is 6.54 Å². The van der Waals surface area contributed by atoms with Crippen molar-refractivity contribution in [2.24, 2.45) is 0 Å². The van der Waals surface area contributed by atoms with Crippen molar-refractivity contribution in [3.05, 3.63) is 36.1 Å². The molecule has 0 bridgehead atoms. The van der Waals surface area contributed by atoms with Crippen molar-refractivity contribution in [3.8, 4) is 0 Å². The molecule has 0 saturated carbocycles. The molecule has 0 aliphatic heterocycles. The number of furan rings is 1. The molecular weight excluding hydrogens is 252 g/mol. The van der Waals surface area contributed by atoms with Crippen molar-refractivity contribution in [3.63, 3.8) is 0 Å². The largest absolute Gasteiger partial charge is 0.460 e. The van der Waals surface area contributed by atoms with Gasteiger partial charge in [-0.3, -0.25) is 4.79 Å². The highest BCUT2D eigenvalue weighted by atomic mass is 16.3. The zero-order chi connectivity index (χ0) is 14.6. The molecule has 0 aliphatic carbocycles. The minimum Gasteiger partial charge on any atom is -0.460 e. The highest BCUT2D eigenvalue weighted by Crippen LogP contribution is 2.18. The van der Waals surface area contributed by atoms with E-state index in [-0.39, 0.29) is 11.4 Å². The van der Waals surface area contributed by atoms with Gasteiger partial charge in [0, 0.05) is 23.9 Å². The number of hydrogen-bond donors (Lipinski definition) is 2. The topological polar surface area (TPSA) is 54.3 Å². The van der Waals surface area contributed by atoms with Crippen molar-refractivity contribution in [2.45, 2.75) is 39.3 Å². The maximum Gasteiger partial charge on any atom is 0.221 e. The minimum atomic E-state index is -0.171. The lowest BCUT2D eigenvalue weighted by atomic mass is 10.1. The van der Waals surface area contributed by atoms with Crippen molar-refractivity contribution < 1.29 is 9.21 Å². The molecule has 2 rings (SSSR count). The third-order valence-electron chi connectivity index (χ3n) is 2.82. The maximum atomic E-state index is 11.6. The summed E-state index contributed by atoms with van der Waals surface area (Å²) >= 11 is 0. The molecule has 0 aliphatic rings. The van der Waals surface area contributed by atoms with Gasteiger partial charge < -0.3 is 15.1 Å². The molecular formula is C16H22N2O2. The smallest absolute Gasteiger partial charge is 0.221 e. The third-order valence-corrected chi connectivity index (χ3v) is 2.82. The SMILES string of the molecule is CC(C)(C)NC(=O)CCNCc1cc2ccccc2o1. The molecule has 2 N–H and O–H groups in total. The first kappa shape index (κ1) is 14.6. The number of carbonyl (C=O) groups is 1. The monoisotopic (exact) mass is 274 g/mol. The fraction of sp³-hybridized carbons (Fsp3) is 0.438. The van der Waals surface area contributed by atoms with Crippen LogP contribution >= 0.6 is 0 Å². The van der Waals surface area contributed by atoms with E-state index >= 15 is 0 Å². The van der Waals surface area contributed by atoms with Crippen molar-refractivity contribution >= 4 is 16.9 Å². The summed E-state index contributed by atoms with van der Waals surface area (Å²) in [6.45, 7) is 7.21. The van der Waals surface area contributed by atoms with Gasteiger partial charge >= 0.3 is 0 Å². The van der Waals surface area contributed by atoms with Gasteiger partial charge in [0.2, 0.25) is 5.91 Å². The van der Waals surface area contributed by atoms with Gasteiger partial charge in [0.25, 0.3) is 0 Å². The second-order valence-corrected chi connectivity index (χ2v) is 5.98. The Morgan fingerprint density at radius 1 is 1.25 bits per heavy atom. The molecule has 0 unspecified atom stereocenters. The Bertz CT molecular complexity index is 548. The van der Waals surface area contributed by atoms with E-state index < -0.39 is 0 Å². The van der Waals surface area contributed by atoms with Crippen LogP contribution in [0.4, 0.5) is 0 Å². The fourth-order valence-electron chi connectivity index (χ4n) is 2.02. The van der Waals surface area contributed by atoms with Crippen LogP contribution < -0.4 is 10.6 Å². The van der Waals surface area contributed by atoms with Crippen LogP contribution in [0.5, 0.6) is 0 Å². The predicted octanol–water partition coefficient (Wildman–Crippen LogP) is 2.83. The summed E-state index contributed by atoms with van der Waals surface area (Å²) in [7, 11) is 0. The zero-order valence-electron chi connectivity index (χ0n) is 12.3. The Morgan fingerprint density at radius 3 is 2.70 bits per heavy atom. The van der Waals surface area contributed by atoms with Crippen LogP contribution in [0.25, 0.3) is 11.0 Å². The molecule has 1 aromatic carbocycles. The summed E-state index contributed by atoms with van der Waals surface area (Å²) in [6, 6.07) is 9.96. The number of fused-ring (bicyclic) bond motifs is 1. The molecule has 20 heavy (non-hydrogen) atoms. The van der Waals surface area contributed by atoms with E-state index in [1.54, 1.807) is 0 Å². The predicted molar refractivity (Wildman–Crippen MR) is 80.4 cm³/mol. The molecule has 0 saturated heterocycles. The van der Waals surface area contributed by atoms with Gasteiger partial charge in [0.15, 0.2) is 0 Å². The van der Waals surface area contributed by atoms with Crippen LogP contribution in [0, 0.1) is 0 Å². The molecule has 0 spiro atoms. The molecule has 1 aromatic heterocycles. The first-order valence-electron chi connectivity index (χ1n) is 6.93. The van der Waals surface area contributed by atoms with Crippen LogP contribution in [-0.2, 0) is 11.3 Å². The van der Waals surface area contributed by atoms with Crippen LogP contribution in [-0.4, -0.2) is 18.0 Å². The van der Waals surface area contributed by atoms with Crippen LogP contribution in [0.3, 0.4) is 0 Å².